The number of nitrogens with zero attached hydrogens (tertiary/aromatic N) is 2. The molecule has 0 saturated carbocycles. The van der Waals surface area contributed by atoms with E-state index >= 15 is 0 Å². The third kappa shape index (κ3) is 3.58. The number of halogens is 1. The Bertz CT molecular complexity index is 921. The van der Waals surface area contributed by atoms with E-state index in [0.717, 1.165) is 3.57 Å². The van der Waals surface area contributed by atoms with Crippen LogP contribution in [-0.4, -0.2) is 22.1 Å². The monoisotopic (exact) mass is 420 g/mol. The molecule has 0 aliphatic heterocycles. The second-order valence-corrected chi connectivity index (χ2v) is 6.15. The van der Waals surface area contributed by atoms with Gasteiger partial charge in [0.25, 0.3) is 5.56 Å². The molecule has 5 nitrogen and oxygen atoms in total. The molecule has 1 heterocycles. The number of carbonyl (C=O) groups excluding carboxylic acids is 1. The van der Waals surface area contributed by atoms with Crippen LogP contribution in [0.5, 0.6) is 0 Å². The van der Waals surface area contributed by atoms with E-state index in [1.165, 1.54) is 10.9 Å². The van der Waals surface area contributed by atoms with Gasteiger partial charge in [-0.05, 0) is 52.9 Å². The summed E-state index contributed by atoms with van der Waals surface area (Å²) in [6, 6.07) is 14.3. The van der Waals surface area contributed by atoms with Crippen LogP contribution < -0.4 is 5.56 Å². The number of esters is 1. The van der Waals surface area contributed by atoms with Gasteiger partial charge in [0, 0.05) is 3.57 Å². The number of para-hydroxylation sites is 1. The van der Waals surface area contributed by atoms with Crippen molar-refractivity contribution in [2.75, 3.05) is 6.61 Å². The van der Waals surface area contributed by atoms with Gasteiger partial charge in [-0.1, -0.05) is 18.2 Å². The van der Waals surface area contributed by atoms with E-state index < -0.39 is 5.97 Å². The predicted octanol–water partition coefficient (Wildman–Crippen LogP) is 2.86. The molecule has 6 heteroatoms. The number of hydrogen-bond donors (Lipinski definition) is 0. The van der Waals surface area contributed by atoms with Gasteiger partial charge in [0.1, 0.15) is 6.61 Å². The smallest absolute Gasteiger partial charge is 0.338 e. The van der Waals surface area contributed by atoms with Gasteiger partial charge in [0.2, 0.25) is 0 Å². The molecule has 0 spiro atoms. The van der Waals surface area contributed by atoms with Crippen molar-refractivity contribution in [3.05, 3.63) is 74.3 Å². The summed E-state index contributed by atoms with van der Waals surface area (Å²) in [5.74, 6) is -0.398. The van der Waals surface area contributed by atoms with Crippen LogP contribution in [0.3, 0.4) is 0 Å². The summed E-state index contributed by atoms with van der Waals surface area (Å²) in [7, 11) is 0. The minimum absolute atomic E-state index is 0.115. The zero-order chi connectivity index (χ0) is 16.2. The Morgan fingerprint density at radius 1 is 1.17 bits per heavy atom. The van der Waals surface area contributed by atoms with Crippen LogP contribution in [0.15, 0.2) is 59.7 Å². The molecule has 2 aromatic carbocycles. The van der Waals surface area contributed by atoms with Crippen molar-refractivity contribution in [2.24, 2.45) is 0 Å². The molecule has 0 saturated heterocycles. The molecule has 0 radical (unpaired) electrons. The first-order chi connectivity index (χ1) is 11.1. The zero-order valence-electron chi connectivity index (χ0n) is 12.1. The van der Waals surface area contributed by atoms with E-state index in [0.29, 0.717) is 16.5 Å². The van der Waals surface area contributed by atoms with Gasteiger partial charge >= 0.3 is 5.97 Å². The van der Waals surface area contributed by atoms with Gasteiger partial charge < -0.3 is 4.74 Å². The number of carbonyl (C=O) groups is 1. The number of aromatic nitrogens is 2. The maximum atomic E-state index is 12.3. The molecule has 23 heavy (non-hydrogen) atoms. The standard InChI is InChI=1S/C17H13IN2O3/c18-13-5-3-4-12(10-13)17(22)23-9-8-20-11-19-15-7-2-1-6-14(15)16(20)21/h1-7,10-11H,8-9H2. The molecule has 0 fully saturated rings. The average Bonchev–Trinajstić information content (AvgIpc) is 2.57. The Morgan fingerprint density at radius 3 is 2.83 bits per heavy atom. The summed E-state index contributed by atoms with van der Waals surface area (Å²) >= 11 is 2.14. The Balaban J connectivity index is 1.68. The quantitative estimate of drug-likeness (QED) is 0.481. The summed E-state index contributed by atoms with van der Waals surface area (Å²) in [6.07, 6.45) is 1.48. The fourth-order valence-corrected chi connectivity index (χ4v) is 2.74. The third-order valence-corrected chi connectivity index (χ3v) is 4.03. The average molecular weight is 420 g/mol. The van der Waals surface area contributed by atoms with Crippen LogP contribution in [0.1, 0.15) is 10.4 Å². The number of ether oxygens (including phenoxy) is 1. The van der Waals surface area contributed by atoms with E-state index in [2.05, 4.69) is 27.6 Å². The van der Waals surface area contributed by atoms with Crippen molar-refractivity contribution in [1.82, 2.24) is 9.55 Å². The molecule has 0 amide bonds. The van der Waals surface area contributed by atoms with Gasteiger partial charge in [0.15, 0.2) is 0 Å². The Hall–Kier alpha value is -2.22. The molecule has 0 unspecified atom stereocenters. The topological polar surface area (TPSA) is 61.2 Å². The van der Waals surface area contributed by atoms with E-state index in [1.54, 1.807) is 36.4 Å². The predicted molar refractivity (Wildman–Crippen MR) is 95.4 cm³/mol. The molecule has 3 rings (SSSR count). The lowest BCUT2D eigenvalue weighted by atomic mass is 10.2. The maximum Gasteiger partial charge on any atom is 0.338 e. The highest BCUT2D eigenvalue weighted by atomic mass is 127. The van der Waals surface area contributed by atoms with E-state index in [-0.39, 0.29) is 18.7 Å². The van der Waals surface area contributed by atoms with Crippen molar-refractivity contribution in [1.29, 1.82) is 0 Å². The third-order valence-electron chi connectivity index (χ3n) is 3.36. The zero-order valence-corrected chi connectivity index (χ0v) is 14.3. The van der Waals surface area contributed by atoms with E-state index in [9.17, 15) is 9.59 Å². The maximum absolute atomic E-state index is 12.3. The lowest BCUT2D eigenvalue weighted by Gasteiger charge is -2.08. The molecule has 0 atom stereocenters. The second-order valence-electron chi connectivity index (χ2n) is 4.91. The molecule has 3 aromatic rings. The summed E-state index contributed by atoms with van der Waals surface area (Å²) in [5.41, 5.74) is 1.02. The minimum Gasteiger partial charge on any atom is -0.460 e. The SMILES string of the molecule is O=C(OCCn1cnc2ccccc2c1=O)c1cccc(I)c1. The lowest BCUT2D eigenvalue weighted by molar-refractivity contribution is 0.0490. The van der Waals surface area contributed by atoms with Crippen molar-refractivity contribution in [2.45, 2.75) is 6.54 Å². The fraction of sp³-hybridized carbons (Fsp3) is 0.118. The largest absolute Gasteiger partial charge is 0.460 e. The molecular formula is C17H13IN2O3. The summed E-state index contributed by atoms with van der Waals surface area (Å²) in [4.78, 5) is 28.5. The number of rotatable bonds is 4. The summed E-state index contributed by atoms with van der Waals surface area (Å²) < 4.78 is 7.64. The molecule has 0 aliphatic rings. The normalized spacial score (nSPS) is 10.7. The highest BCUT2D eigenvalue weighted by Crippen LogP contribution is 2.09. The molecular weight excluding hydrogens is 407 g/mol. The Kier molecular flexibility index (Phi) is 4.71. The van der Waals surface area contributed by atoms with Crippen molar-refractivity contribution in [3.8, 4) is 0 Å². The van der Waals surface area contributed by atoms with Crippen molar-refractivity contribution in [3.63, 3.8) is 0 Å². The van der Waals surface area contributed by atoms with Crippen LogP contribution >= 0.6 is 22.6 Å². The van der Waals surface area contributed by atoms with Gasteiger partial charge in [-0.2, -0.15) is 0 Å². The Morgan fingerprint density at radius 2 is 2.00 bits per heavy atom. The number of benzene rings is 2. The second kappa shape index (κ2) is 6.91. The van der Waals surface area contributed by atoms with Crippen LogP contribution in [-0.2, 0) is 11.3 Å². The van der Waals surface area contributed by atoms with Crippen molar-refractivity contribution >= 4 is 39.5 Å². The lowest BCUT2D eigenvalue weighted by Crippen LogP contribution is -2.23. The number of hydrogen-bond acceptors (Lipinski definition) is 4. The highest BCUT2D eigenvalue weighted by Gasteiger charge is 2.08. The molecule has 116 valence electrons. The van der Waals surface area contributed by atoms with Crippen LogP contribution in [0.2, 0.25) is 0 Å². The first-order valence-electron chi connectivity index (χ1n) is 7.02. The molecule has 0 aliphatic carbocycles. The molecule has 0 bridgehead atoms. The van der Waals surface area contributed by atoms with Crippen molar-refractivity contribution < 1.29 is 9.53 Å². The molecule has 0 N–H and O–H groups in total. The van der Waals surface area contributed by atoms with Gasteiger partial charge in [0.05, 0.1) is 29.3 Å². The van der Waals surface area contributed by atoms with Gasteiger partial charge in [-0.25, -0.2) is 9.78 Å². The highest BCUT2D eigenvalue weighted by molar-refractivity contribution is 14.1. The summed E-state index contributed by atoms with van der Waals surface area (Å²) in [6.45, 7) is 0.385. The molecule has 1 aromatic heterocycles. The Labute approximate surface area is 146 Å². The minimum atomic E-state index is -0.398. The first-order valence-corrected chi connectivity index (χ1v) is 8.10. The summed E-state index contributed by atoms with van der Waals surface area (Å²) in [5, 5.41) is 0.555. The van der Waals surface area contributed by atoms with E-state index in [1.807, 2.05) is 12.1 Å². The van der Waals surface area contributed by atoms with Gasteiger partial charge in [-0.3, -0.25) is 9.36 Å². The first kappa shape index (κ1) is 15.7. The van der Waals surface area contributed by atoms with Gasteiger partial charge in [-0.15, -0.1) is 0 Å². The van der Waals surface area contributed by atoms with Crippen LogP contribution in [0.25, 0.3) is 10.9 Å². The fourth-order valence-electron chi connectivity index (χ4n) is 2.20. The number of fused-ring (bicyclic) bond motifs is 1. The van der Waals surface area contributed by atoms with Crippen LogP contribution in [0, 0.1) is 3.57 Å². The van der Waals surface area contributed by atoms with Crippen LogP contribution in [0.4, 0.5) is 0 Å². The van der Waals surface area contributed by atoms with E-state index in [4.69, 9.17) is 4.74 Å².